The molecule has 0 saturated heterocycles. The van der Waals surface area contributed by atoms with Gasteiger partial charge in [-0.2, -0.15) is 0 Å². The van der Waals surface area contributed by atoms with Crippen LogP contribution in [-0.4, -0.2) is 40.7 Å². The van der Waals surface area contributed by atoms with E-state index in [1.807, 2.05) is 0 Å². The van der Waals surface area contributed by atoms with E-state index >= 15 is 0 Å². The van der Waals surface area contributed by atoms with Crippen molar-refractivity contribution < 1.29 is 15.3 Å². The molecule has 0 aromatic heterocycles. The van der Waals surface area contributed by atoms with Crippen molar-refractivity contribution in [1.29, 1.82) is 0 Å². The Hall–Kier alpha value is -1.34. The summed E-state index contributed by atoms with van der Waals surface area (Å²) in [7, 11) is 0. The number of hydrogen-bond donors (Lipinski definition) is 6. The topological polar surface area (TPSA) is 111 Å². The lowest BCUT2D eigenvalue weighted by molar-refractivity contribution is 0.0478. The number of para-hydroxylation sites is 2. The Balaban J connectivity index is 2.66. The van der Waals surface area contributed by atoms with Gasteiger partial charge in [0.05, 0.1) is 31.2 Å². The maximum absolute atomic E-state index is 9.07. The molecule has 16 heavy (non-hydrogen) atoms. The summed E-state index contributed by atoms with van der Waals surface area (Å²) < 4.78 is 0. The number of anilines is 2. The van der Waals surface area contributed by atoms with Crippen LogP contribution in [-0.2, 0) is 0 Å². The van der Waals surface area contributed by atoms with Gasteiger partial charge in [0.25, 0.3) is 0 Å². The van der Waals surface area contributed by atoms with Gasteiger partial charge in [0, 0.05) is 0 Å². The summed E-state index contributed by atoms with van der Waals surface area (Å²) in [6.45, 7) is -1.21. The Kier molecular flexibility index (Phi) is 4.51. The average Bonchev–Trinajstić information content (AvgIpc) is 2.34. The molecule has 0 unspecified atom stereocenters. The molecule has 7 N–H and O–H groups in total. The van der Waals surface area contributed by atoms with Crippen LogP contribution < -0.4 is 16.6 Å². The Morgan fingerprint density at radius 3 is 2.12 bits per heavy atom. The molecular formula is C10H17N3O3. The molecule has 1 aromatic rings. The molecule has 6 nitrogen and oxygen atoms in total. The van der Waals surface area contributed by atoms with Crippen molar-refractivity contribution in [3.8, 4) is 0 Å². The Morgan fingerprint density at radius 2 is 1.62 bits per heavy atom. The van der Waals surface area contributed by atoms with E-state index in [1.54, 1.807) is 24.3 Å². The zero-order valence-corrected chi connectivity index (χ0v) is 8.85. The summed E-state index contributed by atoms with van der Waals surface area (Å²) in [5.74, 6) is 0. The molecule has 6 heteroatoms. The van der Waals surface area contributed by atoms with Gasteiger partial charge in [-0.15, -0.1) is 0 Å². The first-order valence-electron chi connectivity index (χ1n) is 4.88. The number of hydrogen-bond acceptors (Lipinski definition) is 6. The molecule has 0 spiro atoms. The summed E-state index contributed by atoms with van der Waals surface area (Å²) in [4.78, 5) is 0. The van der Waals surface area contributed by atoms with E-state index in [9.17, 15) is 0 Å². The van der Waals surface area contributed by atoms with Gasteiger partial charge < -0.3 is 26.5 Å². The number of rotatable bonds is 6. The normalized spacial score (nSPS) is 11.4. The zero-order valence-electron chi connectivity index (χ0n) is 8.85. The van der Waals surface area contributed by atoms with Gasteiger partial charge >= 0.3 is 0 Å². The molecule has 0 fully saturated rings. The van der Waals surface area contributed by atoms with Gasteiger partial charge in [-0.25, -0.2) is 5.43 Å². The van der Waals surface area contributed by atoms with Gasteiger partial charge in [0.1, 0.15) is 5.54 Å². The minimum absolute atomic E-state index is 0.403. The molecule has 0 aliphatic carbocycles. The SMILES string of the molecule is Nc1ccccc1NNC(CO)(CO)CO. The van der Waals surface area contributed by atoms with E-state index in [0.717, 1.165) is 0 Å². The summed E-state index contributed by atoms with van der Waals surface area (Å²) >= 11 is 0. The van der Waals surface area contributed by atoms with Crippen molar-refractivity contribution >= 4 is 11.4 Å². The largest absolute Gasteiger partial charge is 0.397 e. The third-order valence-corrected chi connectivity index (χ3v) is 2.33. The zero-order chi connectivity index (χ0) is 12.0. The van der Waals surface area contributed by atoms with Crippen molar-refractivity contribution in [1.82, 2.24) is 5.43 Å². The van der Waals surface area contributed by atoms with E-state index in [1.165, 1.54) is 0 Å². The van der Waals surface area contributed by atoms with Crippen molar-refractivity contribution in [3.63, 3.8) is 0 Å². The van der Waals surface area contributed by atoms with Crippen LogP contribution in [0.2, 0.25) is 0 Å². The number of aliphatic hydroxyl groups is 3. The minimum Gasteiger partial charge on any atom is -0.397 e. The minimum atomic E-state index is -1.18. The molecule has 0 radical (unpaired) electrons. The number of nitrogen functional groups attached to an aromatic ring is 1. The first-order valence-corrected chi connectivity index (χ1v) is 4.88. The predicted octanol–water partition coefficient (Wildman–Crippen LogP) is -1.10. The summed E-state index contributed by atoms with van der Waals surface area (Å²) in [6, 6.07) is 7.03. The average molecular weight is 227 g/mol. The van der Waals surface area contributed by atoms with E-state index in [4.69, 9.17) is 21.1 Å². The van der Waals surface area contributed by atoms with Gasteiger partial charge in [0.2, 0.25) is 0 Å². The third kappa shape index (κ3) is 2.83. The molecule has 0 bridgehead atoms. The molecule has 0 heterocycles. The molecule has 0 saturated carbocycles. The van der Waals surface area contributed by atoms with Crippen LogP contribution in [0.25, 0.3) is 0 Å². The highest BCUT2D eigenvalue weighted by molar-refractivity contribution is 5.65. The second-order valence-electron chi connectivity index (χ2n) is 3.59. The maximum Gasteiger partial charge on any atom is 0.106 e. The number of hydrazine groups is 1. The molecule has 0 aliphatic rings. The Labute approximate surface area is 93.7 Å². The van der Waals surface area contributed by atoms with Crippen LogP contribution in [0.5, 0.6) is 0 Å². The first-order chi connectivity index (χ1) is 7.67. The highest BCUT2D eigenvalue weighted by Crippen LogP contribution is 2.16. The van der Waals surface area contributed by atoms with Gasteiger partial charge in [-0.3, -0.25) is 0 Å². The van der Waals surface area contributed by atoms with Crippen LogP contribution in [0.1, 0.15) is 0 Å². The summed E-state index contributed by atoms with van der Waals surface area (Å²) in [6.07, 6.45) is 0. The lowest BCUT2D eigenvalue weighted by atomic mass is 10.1. The second-order valence-corrected chi connectivity index (χ2v) is 3.59. The van der Waals surface area contributed by atoms with Gasteiger partial charge in [0.15, 0.2) is 0 Å². The second kappa shape index (κ2) is 5.66. The molecule has 90 valence electrons. The van der Waals surface area contributed by atoms with Crippen molar-refractivity contribution in [2.75, 3.05) is 31.0 Å². The van der Waals surface area contributed by atoms with E-state index in [2.05, 4.69) is 10.9 Å². The fourth-order valence-corrected chi connectivity index (χ4v) is 1.08. The van der Waals surface area contributed by atoms with Crippen molar-refractivity contribution in [2.24, 2.45) is 0 Å². The van der Waals surface area contributed by atoms with Crippen molar-refractivity contribution in [3.05, 3.63) is 24.3 Å². The van der Waals surface area contributed by atoms with Crippen LogP contribution in [0.4, 0.5) is 11.4 Å². The van der Waals surface area contributed by atoms with Gasteiger partial charge in [-0.1, -0.05) is 12.1 Å². The van der Waals surface area contributed by atoms with Crippen LogP contribution >= 0.6 is 0 Å². The first kappa shape index (κ1) is 12.7. The number of aliphatic hydroxyl groups excluding tert-OH is 3. The Bertz CT molecular complexity index is 321. The van der Waals surface area contributed by atoms with Crippen LogP contribution in [0, 0.1) is 0 Å². The maximum atomic E-state index is 9.07. The lowest BCUT2D eigenvalue weighted by Crippen LogP contribution is -2.57. The van der Waals surface area contributed by atoms with E-state index < -0.39 is 25.4 Å². The highest BCUT2D eigenvalue weighted by atomic mass is 16.3. The van der Waals surface area contributed by atoms with Gasteiger partial charge in [-0.05, 0) is 12.1 Å². The highest BCUT2D eigenvalue weighted by Gasteiger charge is 2.27. The fourth-order valence-electron chi connectivity index (χ4n) is 1.08. The number of nitrogens with two attached hydrogens (primary N) is 1. The molecule has 0 amide bonds. The van der Waals surface area contributed by atoms with E-state index in [-0.39, 0.29) is 0 Å². The summed E-state index contributed by atoms with van der Waals surface area (Å²) in [5, 5.41) is 27.2. The van der Waals surface area contributed by atoms with E-state index in [0.29, 0.717) is 11.4 Å². The summed E-state index contributed by atoms with van der Waals surface area (Å²) in [5.41, 5.74) is 11.1. The molecule has 1 rings (SSSR count). The number of benzene rings is 1. The molecular weight excluding hydrogens is 210 g/mol. The molecule has 0 aliphatic heterocycles. The molecule has 0 atom stereocenters. The lowest BCUT2D eigenvalue weighted by Gasteiger charge is -2.29. The fraction of sp³-hybridized carbons (Fsp3) is 0.400. The van der Waals surface area contributed by atoms with Crippen LogP contribution in [0.15, 0.2) is 24.3 Å². The smallest absolute Gasteiger partial charge is 0.106 e. The molecule has 1 aromatic carbocycles. The standard InChI is InChI=1S/C10H17N3O3/c11-8-3-1-2-4-9(8)12-13-10(5-14,6-15)7-16/h1-4,12-16H,5-7,11H2. The third-order valence-electron chi connectivity index (χ3n) is 2.33. The Morgan fingerprint density at radius 1 is 1.06 bits per heavy atom. The number of nitrogens with one attached hydrogen (secondary N) is 2. The van der Waals surface area contributed by atoms with Crippen molar-refractivity contribution in [2.45, 2.75) is 5.54 Å². The quantitative estimate of drug-likeness (QED) is 0.272. The predicted molar refractivity (Wildman–Crippen MR) is 61.6 cm³/mol. The van der Waals surface area contributed by atoms with Crippen LogP contribution in [0.3, 0.4) is 0 Å². The monoisotopic (exact) mass is 227 g/mol.